The van der Waals surface area contributed by atoms with Crippen LogP contribution in [0, 0.1) is 30.1 Å². The van der Waals surface area contributed by atoms with Crippen molar-refractivity contribution in [3.63, 3.8) is 0 Å². The van der Waals surface area contributed by atoms with Gasteiger partial charge in [-0.1, -0.05) is 24.3 Å². The van der Waals surface area contributed by atoms with Gasteiger partial charge in [0.25, 0.3) is 5.91 Å². The van der Waals surface area contributed by atoms with Gasteiger partial charge in [-0.3, -0.25) is 14.5 Å². The minimum Gasteiger partial charge on any atom is -0.369 e. The van der Waals surface area contributed by atoms with Gasteiger partial charge in [0, 0.05) is 30.6 Å². The molecule has 0 spiro atoms. The zero-order valence-electron chi connectivity index (χ0n) is 18.7. The smallest absolute Gasteiger partial charge is 0.250 e. The van der Waals surface area contributed by atoms with E-state index in [0.29, 0.717) is 30.9 Å². The Bertz CT molecular complexity index is 855. The van der Waals surface area contributed by atoms with E-state index in [2.05, 4.69) is 48.3 Å². The fraction of sp³-hybridized carbons (Fsp3) is 0.680. The summed E-state index contributed by atoms with van der Waals surface area (Å²) < 4.78 is 5.91. The highest BCUT2D eigenvalue weighted by Gasteiger charge is 2.58. The van der Waals surface area contributed by atoms with Gasteiger partial charge in [-0.25, -0.2) is 0 Å². The Morgan fingerprint density at radius 1 is 1.19 bits per heavy atom. The zero-order chi connectivity index (χ0) is 21.8. The Kier molecular flexibility index (Phi) is 5.33. The maximum absolute atomic E-state index is 13.2. The first-order chi connectivity index (χ1) is 14.9. The molecule has 5 aliphatic rings. The molecule has 6 rings (SSSR count). The molecule has 1 heterocycles. The van der Waals surface area contributed by atoms with Crippen molar-refractivity contribution >= 4 is 11.8 Å². The molecule has 6 heteroatoms. The van der Waals surface area contributed by atoms with Gasteiger partial charge in [0.05, 0.1) is 6.61 Å². The first-order valence-electron chi connectivity index (χ1n) is 11.9. The summed E-state index contributed by atoms with van der Waals surface area (Å²) >= 11 is 0. The van der Waals surface area contributed by atoms with Gasteiger partial charge >= 0.3 is 0 Å². The Morgan fingerprint density at radius 3 is 2.58 bits per heavy atom. The van der Waals surface area contributed by atoms with E-state index in [9.17, 15) is 9.59 Å². The maximum atomic E-state index is 13.2. The number of nitrogens with two attached hydrogens (primary N) is 1. The third-order valence-corrected chi connectivity index (χ3v) is 8.68. The Hall–Kier alpha value is -1.92. The van der Waals surface area contributed by atoms with E-state index in [1.165, 1.54) is 11.1 Å². The number of carbonyl (C=O) groups excluding carboxylic acids is 2. The standard InChI is InChI=1S/C25H35N3O3/c1-15-5-3-4-6-20(15)16(2)28-7-8-31-21(14-28)23(29)27-22-18-9-17-10-19(22)13-25(11-17,12-18)24(26)30/h3-6,16-19,21-22H,7-14H2,1-2H3,(H2,26,30)(H,27,29)/t16-,17?,18?,19?,21?,22?,25?/m1/s1. The highest BCUT2D eigenvalue weighted by molar-refractivity contribution is 5.83. The number of ether oxygens (including phenoxy) is 1. The minimum atomic E-state index is -0.442. The summed E-state index contributed by atoms with van der Waals surface area (Å²) in [7, 11) is 0. The Morgan fingerprint density at radius 2 is 1.90 bits per heavy atom. The molecule has 4 saturated carbocycles. The highest BCUT2D eigenvalue weighted by Crippen LogP contribution is 2.59. The number of carbonyl (C=O) groups is 2. The molecule has 31 heavy (non-hydrogen) atoms. The van der Waals surface area contributed by atoms with Gasteiger partial charge in [0.15, 0.2) is 0 Å². The average molecular weight is 426 g/mol. The lowest BCUT2D eigenvalue weighted by molar-refractivity contribution is -0.151. The number of primary amides is 1. The summed E-state index contributed by atoms with van der Waals surface area (Å²) in [4.78, 5) is 27.8. The number of amides is 2. The molecule has 0 radical (unpaired) electrons. The molecule has 5 fully saturated rings. The van der Waals surface area contributed by atoms with Crippen molar-refractivity contribution in [1.82, 2.24) is 10.2 Å². The molecule has 4 aliphatic carbocycles. The molecular formula is C25H35N3O3. The topological polar surface area (TPSA) is 84.7 Å². The van der Waals surface area contributed by atoms with Crippen molar-refractivity contribution in [2.45, 2.75) is 64.1 Å². The number of nitrogens with one attached hydrogen (secondary N) is 1. The van der Waals surface area contributed by atoms with Gasteiger partial charge in [-0.05, 0) is 74.8 Å². The number of hydrogen-bond acceptors (Lipinski definition) is 4. The van der Waals surface area contributed by atoms with Crippen molar-refractivity contribution in [2.24, 2.45) is 28.9 Å². The van der Waals surface area contributed by atoms with E-state index in [4.69, 9.17) is 10.5 Å². The van der Waals surface area contributed by atoms with Crippen LogP contribution in [-0.2, 0) is 14.3 Å². The van der Waals surface area contributed by atoms with Crippen molar-refractivity contribution in [3.8, 4) is 0 Å². The molecule has 3 N–H and O–H groups in total. The number of benzene rings is 1. The van der Waals surface area contributed by atoms with Crippen LogP contribution in [0.3, 0.4) is 0 Å². The largest absolute Gasteiger partial charge is 0.369 e. The predicted octanol–water partition coefficient (Wildman–Crippen LogP) is 2.55. The molecule has 1 saturated heterocycles. The molecule has 4 bridgehead atoms. The second kappa shape index (κ2) is 7.89. The third-order valence-electron chi connectivity index (χ3n) is 8.68. The second-order valence-electron chi connectivity index (χ2n) is 10.5. The van der Waals surface area contributed by atoms with E-state index in [1.807, 2.05) is 0 Å². The van der Waals surface area contributed by atoms with E-state index in [-0.39, 0.29) is 29.3 Å². The summed E-state index contributed by atoms with van der Waals surface area (Å²) in [5.41, 5.74) is 8.07. The molecule has 1 aliphatic heterocycles. The van der Waals surface area contributed by atoms with Crippen LogP contribution in [0.15, 0.2) is 24.3 Å². The van der Waals surface area contributed by atoms with Crippen LogP contribution in [0.1, 0.15) is 56.2 Å². The van der Waals surface area contributed by atoms with Crippen molar-refractivity contribution in [2.75, 3.05) is 19.7 Å². The van der Waals surface area contributed by atoms with Crippen LogP contribution in [0.4, 0.5) is 0 Å². The molecule has 2 amide bonds. The fourth-order valence-electron chi connectivity index (χ4n) is 7.25. The first kappa shape index (κ1) is 21.0. The SMILES string of the molecule is Cc1ccccc1[C@@H](C)N1CCOC(C(=O)NC2C3CC4CC2CC(C(N)=O)(C4)C3)C1. The lowest BCUT2D eigenvalue weighted by Gasteiger charge is -2.59. The number of nitrogens with zero attached hydrogens (tertiary/aromatic N) is 1. The molecule has 6 nitrogen and oxygen atoms in total. The van der Waals surface area contributed by atoms with Gasteiger partial charge < -0.3 is 15.8 Å². The van der Waals surface area contributed by atoms with Crippen LogP contribution in [0.5, 0.6) is 0 Å². The van der Waals surface area contributed by atoms with E-state index < -0.39 is 6.10 Å². The van der Waals surface area contributed by atoms with E-state index >= 15 is 0 Å². The molecule has 1 aromatic rings. The summed E-state index contributed by atoms with van der Waals surface area (Å²) in [5, 5.41) is 3.36. The number of rotatable bonds is 5. The van der Waals surface area contributed by atoms with E-state index in [1.54, 1.807) is 0 Å². The van der Waals surface area contributed by atoms with Crippen molar-refractivity contribution in [3.05, 3.63) is 35.4 Å². The quantitative estimate of drug-likeness (QED) is 0.759. The molecule has 0 aromatic heterocycles. The fourth-order valence-corrected chi connectivity index (χ4v) is 7.25. The molecule has 4 atom stereocenters. The van der Waals surface area contributed by atoms with Crippen LogP contribution in [0.2, 0.25) is 0 Å². The summed E-state index contributed by atoms with van der Waals surface area (Å²) in [6.07, 6.45) is 4.40. The minimum absolute atomic E-state index is 0.00674. The lowest BCUT2D eigenvalue weighted by Crippen LogP contribution is -2.63. The van der Waals surface area contributed by atoms with Crippen LogP contribution >= 0.6 is 0 Å². The molecule has 168 valence electrons. The predicted molar refractivity (Wildman–Crippen MR) is 118 cm³/mol. The number of aryl methyl sites for hydroxylation is 1. The van der Waals surface area contributed by atoms with Crippen molar-refractivity contribution < 1.29 is 14.3 Å². The molecule has 3 unspecified atom stereocenters. The monoisotopic (exact) mass is 425 g/mol. The summed E-state index contributed by atoms with van der Waals surface area (Å²) in [6, 6.07) is 8.86. The second-order valence-corrected chi connectivity index (χ2v) is 10.5. The van der Waals surface area contributed by atoms with Gasteiger partial charge in [-0.15, -0.1) is 0 Å². The Labute approximate surface area is 184 Å². The molecule has 1 aromatic carbocycles. The Balaban J connectivity index is 1.24. The number of hydrogen-bond donors (Lipinski definition) is 2. The average Bonchev–Trinajstić information content (AvgIpc) is 2.75. The zero-order valence-corrected chi connectivity index (χ0v) is 18.7. The van der Waals surface area contributed by atoms with Crippen LogP contribution in [0.25, 0.3) is 0 Å². The maximum Gasteiger partial charge on any atom is 0.250 e. The third kappa shape index (κ3) is 3.68. The highest BCUT2D eigenvalue weighted by atomic mass is 16.5. The first-order valence-corrected chi connectivity index (χ1v) is 11.9. The van der Waals surface area contributed by atoms with E-state index in [0.717, 1.165) is 38.6 Å². The van der Waals surface area contributed by atoms with Crippen LogP contribution in [-0.4, -0.2) is 48.6 Å². The summed E-state index contributed by atoms with van der Waals surface area (Å²) in [5.74, 6) is 1.21. The molecular weight excluding hydrogens is 390 g/mol. The van der Waals surface area contributed by atoms with Gasteiger partial charge in [0.2, 0.25) is 5.91 Å². The van der Waals surface area contributed by atoms with Gasteiger partial charge in [-0.2, -0.15) is 0 Å². The lowest BCUT2D eigenvalue weighted by atomic mass is 9.47. The van der Waals surface area contributed by atoms with Crippen LogP contribution < -0.4 is 11.1 Å². The number of morpholine rings is 1. The summed E-state index contributed by atoms with van der Waals surface area (Å²) in [6.45, 7) is 6.36. The van der Waals surface area contributed by atoms with Gasteiger partial charge in [0.1, 0.15) is 6.10 Å². The normalized spacial score (nSPS) is 38.1. The van der Waals surface area contributed by atoms with Crippen molar-refractivity contribution in [1.29, 1.82) is 0 Å².